The monoisotopic (exact) mass is 421 g/mol. The van der Waals surface area contributed by atoms with Crippen LogP contribution in [-0.2, 0) is 0 Å². The Hall–Kier alpha value is -1.73. The maximum absolute atomic E-state index is 9.30. The van der Waals surface area contributed by atoms with Crippen LogP contribution in [0.15, 0.2) is 46.9 Å². The lowest BCUT2D eigenvalue weighted by Crippen LogP contribution is -2.31. The van der Waals surface area contributed by atoms with Gasteiger partial charge in [0, 0.05) is 33.5 Å². The number of halogens is 2. The Balaban J connectivity index is 2.25. The molecule has 0 saturated carbocycles. The van der Waals surface area contributed by atoms with Crippen LogP contribution < -0.4 is 4.90 Å². The third-order valence-corrected chi connectivity index (χ3v) is 4.62. The molecule has 25 heavy (non-hydrogen) atoms. The maximum atomic E-state index is 9.30. The fraction of sp³-hybridized carbons (Fsp3) is 0.222. The molecule has 3 rings (SSSR count). The molecule has 0 saturated heterocycles. The van der Waals surface area contributed by atoms with Crippen LogP contribution >= 0.6 is 27.5 Å². The quantitative estimate of drug-likeness (QED) is 0.636. The van der Waals surface area contributed by atoms with Crippen molar-refractivity contribution in [3.8, 4) is 11.3 Å². The van der Waals surface area contributed by atoms with Crippen LogP contribution in [0, 0.1) is 0 Å². The Morgan fingerprint density at radius 3 is 2.40 bits per heavy atom. The summed E-state index contributed by atoms with van der Waals surface area (Å²) in [4.78, 5) is 11.0. The van der Waals surface area contributed by atoms with Crippen LogP contribution in [0.4, 0.5) is 5.95 Å². The standard InChI is InChI=1S/C18H17BrClN3O2/c19-12-5-6-16-14(11-12)17(13-3-1-2-4-15(13)20)22-18(21-16)23(7-9-24)8-10-25/h1-6,11,24-25H,7-10H2. The third-order valence-electron chi connectivity index (χ3n) is 3.80. The van der Waals surface area contributed by atoms with Crippen LogP contribution in [0.3, 0.4) is 0 Å². The highest BCUT2D eigenvalue weighted by molar-refractivity contribution is 9.10. The highest BCUT2D eigenvalue weighted by Crippen LogP contribution is 2.34. The van der Waals surface area contributed by atoms with Crippen molar-refractivity contribution in [2.24, 2.45) is 0 Å². The second kappa shape index (κ2) is 8.10. The van der Waals surface area contributed by atoms with Gasteiger partial charge >= 0.3 is 0 Å². The van der Waals surface area contributed by atoms with E-state index in [1.165, 1.54) is 0 Å². The van der Waals surface area contributed by atoms with Crippen molar-refractivity contribution in [1.82, 2.24) is 9.97 Å². The van der Waals surface area contributed by atoms with Gasteiger partial charge in [0.25, 0.3) is 0 Å². The summed E-state index contributed by atoms with van der Waals surface area (Å²) in [6.07, 6.45) is 0. The van der Waals surface area contributed by atoms with Gasteiger partial charge in [-0.25, -0.2) is 9.97 Å². The van der Waals surface area contributed by atoms with Crippen LogP contribution in [-0.4, -0.2) is 46.5 Å². The molecule has 5 nitrogen and oxygen atoms in total. The molecule has 0 aliphatic heterocycles. The molecular weight excluding hydrogens is 406 g/mol. The van der Waals surface area contributed by atoms with Gasteiger partial charge in [-0.1, -0.05) is 45.7 Å². The summed E-state index contributed by atoms with van der Waals surface area (Å²) in [5.41, 5.74) is 2.29. The SMILES string of the molecule is OCCN(CCO)c1nc(-c2ccccc2Cl)c2cc(Br)ccc2n1. The summed E-state index contributed by atoms with van der Waals surface area (Å²) in [6, 6.07) is 13.3. The van der Waals surface area contributed by atoms with E-state index in [9.17, 15) is 10.2 Å². The molecule has 0 atom stereocenters. The Morgan fingerprint density at radius 2 is 1.72 bits per heavy atom. The second-order valence-electron chi connectivity index (χ2n) is 5.45. The van der Waals surface area contributed by atoms with E-state index < -0.39 is 0 Å². The first kappa shape index (κ1) is 18.1. The first-order chi connectivity index (χ1) is 12.1. The van der Waals surface area contributed by atoms with E-state index in [4.69, 9.17) is 16.6 Å². The molecule has 0 aliphatic rings. The summed E-state index contributed by atoms with van der Waals surface area (Å²) < 4.78 is 0.923. The average molecular weight is 423 g/mol. The molecule has 0 unspecified atom stereocenters. The minimum absolute atomic E-state index is 0.0524. The Morgan fingerprint density at radius 1 is 1.00 bits per heavy atom. The third kappa shape index (κ3) is 3.93. The highest BCUT2D eigenvalue weighted by Gasteiger charge is 2.16. The lowest BCUT2D eigenvalue weighted by atomic mass is 10.1. The zero-order valence-corrected chi connectivity index (χ0v) is 15.7. The van der Waals surface area contributed by atoms with E-state index in [1.807, 2.05) is 42.5 Å². The van der Waals surface area contributed by atoms with Gasteiger partial charge in [0.2, 0.25) is 5.95 Å². The maximum Gasteiger partial charge on any atom is 0.226 e. The normalized spacial score (nSPS) is 11.0. The molecule has 0 spiro atoms. The van der Waals surface area contributed by atoms with Crippen LogP contribution in [0.2, 0.25) is 5.02 Å². The zero-order chi connectivity index (χ0) is 17.8. The lowest BCUT2D eigenvalue weighted by Gasteiger charge is -2.22. The van der Waals surface area contributed by atoms with Gasteiger partial charge in [0.05, 0.1) is 24.4 Å². The highest BCUT2D eigenvalue weighted by atomic mass is 79.9. The van der Waals surface area contributed by atoms with Crippen molar-refractivity contribution in [2.75, 3.05) is 31.2 Å². The summed E-state index contributed by atoms with van der Waals surface area (Å²) >= 11 is 9.88. The smallest absolute Gasteiger partial charge is 0.226 e. The van der Waals surface area contributed by atoms with Gasteiger partial charge in [-0.15, -0.1) is 0 Å². The first-order valence-electron chi connectivity index (χ1n) is 7.83. The number of anilines is 1. The van der Waals surface area contributed by atoms with Crippen molar-refractivity contribution in [3.63, 3.8) is 0 Å². The van der Waals surface area contributed by atoms with Crippen LogP contribution in [0.5, 0.6) is 0 Å². The summed E-state index contributed by atoms with van der Waals surface area (Å²) in [7, 11) is 0. The second-order valence-corrected chi connectivity index (χ2v) is 6.77. The lowest BCUT2D eigenvalue weighted by molar-refractivity contribution is 0.280. The van der Waals surface area contributed by atoms with Gasteiger partial charge in [-0.2, -0.15) is 0 Å². The number of aromatic nitrogens is 2. The molecule has 1 aromatic heterocycles. The molecule has 0 bridgehead atoms. The summed E-state index contributed by atoms with van der Waals surface area (Å²) in [5, 5.41) is 20.1. The first-order valence-corrected chi connectivity index (χ1v) is 9.00. The van der Waals surface area contributed by atoms with Crippen molar-refractivity contribution in [1.29, 1.82) is 0 Å². The van der Waals surface area contributed by atoms with Crippen molar-refractivity contribution >= 4 is 44.4 Å². The molecule has 7 heteroatoms. The fourth-order valence-corrected chi connectivity index (χ4v) is 3.23. The molecule has 0 aliphatic carbocycles. The Bertz CT molecular complexity index is 885. The number of aliphatic hydroxyl groups is 2. The van der Waals surface area contributed by atoms with Crippen molar-refractivity contribution in [3.05, 3.63) is 52.0 Å². The van der Waals surface area contributed by atoms with E-state index in [2.05, 4.69) is 20.9 Å². The van der Waals surface area contributed by atoms with E-state index >= 15 is 0 Å². The van der Waals surface area contributed by atoms with E-state index in [1.54, 1.807) is 4.90 Å². The molecule has 130 valence electrons. The fourth-order valence-electron chi connectivity index (χ4n) is 2.64. The molecule has 2 N–H and O–H groups in total. The van der Waals surface area contributed by atoms with Gasteiger partial charge in [0.15, 0.2) is 0 Å². The molecule has 0 amide bonds. The average Bonchev–Trinajstić information content (AvgIpc) is 2.61. The number of hydrogen-bond donors (Lipinski definition) is 2. The van der Waals surface area contributed by atoms with Crippen LogP contribution in [0.1, 0.15) is 0 Å². The topological polar surface area (TPSA) is 69.5 Å². The minimum Gasteiger partial charge on any atom is -0.395 e. The summed E-state index contributed by atoms with van der Waals surface area (Å²) in [5.74, 6) is 0.452. The summed E-state index contributed by atoms with van der Waals surface area (Å²) in [6.45, 7) is 0.571. The number of fused-ring (bicyclic) bond motifs is 1. The molecule has 0 radical (unpaired) electrons. The van der Waals surface area contributed by atoms with Gasteiger partial charge in [-0.3, -0.25) is 0 Å². The Kier molecular flexibility index (Phi) is 5.86. The molecule has 2 aromatic carbocycles. The molecule has 3 aromatic rings. The molecule has 0 fully saturated rings. The number of benzene rings is 2. The van der Waals surface area contributed by atoms with Crippen LogP contribution in [0.25, 0.3) is 22.2 Å². The number of rotatable bonds is 6. The van der Waals surface area contributed by atoms with E-state index in [-0.39, 0.29) is 13.2 Å². The van der Waals surface area contributed by atoms with E-state index in [0.29, 0.717) is 29.8 Å². The number of aliphatic hydroxyl groups excluding tert-OH is 2. The van der Waals surface area contributed by atoms with Crippen molar-refractivity contribution < 1.29 is 10.2 Å². The number of hydrogen-bond acceptors (Lipinski definition) is 5. The molecule has 1 heterocycles. The van der Waals surface area contributed by atoms with Crippen molar-refractivity contribution in [2.45, 2.75) is 0 Å². The largest absolute Gasteiger partial charge is 0.395 e. The number of nitrogens with zero attached hydrogens (tertiary/aromatic N) is 3. The minimum atomic E-state index is -0.0524. The van der Waals surface area contributed by atoms with E-state index in [0.717, 1.165) is 20.9 Å². The predicted molar refractivity (Wildman–Crippen MR) is 104 cm³/mol. The molecular formula is C18H17BrClN3O2. The zero-order valence-electron chi connectivity index (χ0n) is 13.4. The van der Waals surface area contributed by atoms with Gasteiger partial charge in [-0.05, 0) is 24.3 Å². The van der Waals surface area contributed by atoms with Gasteiger partial charge in [0.1, 0.15) is 0 Å². The van der Waals surface area contributed by atoms with Gasteiger partial charge < -0.3 is 15.1 Å². The Labute approximate surface area is 159 Å². The predicted octanol–water partition coefficient (Wildman–Crippen LogP) is 3.50.